The van der Waals surface area contributed by atoms with E-state index in [-0.39, 0.29) is 17.9 Å². The molecule has 1 N–H and O–H groups in total. The smallest absolute Gasteiger partial charge is 0.317 e. The van der Waals surface area contributed by atoms with Crippen LogP contribution in [0.5, 0.6) is 0 Å². The van der Waals surface area contributed by atoms with Crippen LogP contribution in [0.1, 0.15) is 31.2 Å². The van der Waals surface area contributed by atoms with Crippen molar-refractivity contribution in [3.05, 3.63) is 35.6 Å². The number of piperidine rings is 1. The molecule has 0 spiro atoms. The van der Waals surface area contributed by atoms with Crippen molar-refractivity contribution in [2.24, 2.45) is 0 Å². The predicted molar refractivity (Wildman–Crippen MR) is 101 cm³/mol. The fraction of sp³-hybridized carbons (Fsp3) is 0.632. The van der Waals surface area contributed by atoms with E-state index in [0.29, 0.717) is 6.54 Å². The van der Waals surface area contributed by atoms with Gasteiger partial charge in [0.15, 0.2) is 0 Å². The molecule has 4 nitrogen and oxygen atoms in total. The number of thioether (sulfide) groups is 1. The number of hydrogen-bond donors (Lipinski definition) is 1. The standard InChI is InChI=1S/C19H28FN3OS/c20-17-7-5-16(6-8-17)13-21-19(24)23-11-4-12-25-15-18(23)14-22-9-2-1-3-10-22/h5-8,18H,1-4,9-15H2,(H,21,24). The van der Waals surface area contributed by atoms with Gasteiger partial charge in [-0.1, -0.05) is 18.6 Å². The highest BCUT2D eigenvalue weighted by molar-refractivity contribution is 7.99. The second-order valence-corrected chi connectivity index (χ2v) is 8.07. The van der Waals surface area contributed by atoms with Crippen molar-refractivity contribution in [2.45, 2.75) is 38.3 Å². The van der Waals surface area contributed by atoms with Gasteiger partial charge in [-0.2, -0.15) is 11.8 Å². The lowest BCUT2D eigenvalue weighted by atomic mass is 10.1. The number of amides is 2. The van der Waals surface area contributed by atoms with Crippen molar-refractivity contribution in [2.75, 3.05) is 37.7 Å². The molecule has 138 valence electrons. The number of nitrogens with zero attached hydrogens (tertiary/aromatic N) is 2. The van der Waals surface area contributed by atoms with Crippen LogP contribution in [-0.2, 0) is 6.54 Å². The molecule has 2 aliphatic rings. The first kappa shape index (κ1) is 18.5. The van der Waals surface area contributed by atoms with Gasteiger partial charge in [0.25, 0.3) is 0 Å². The summed E-state index contributed by atoms with van der Waals surface area (Å²) >= 11 is 1.96. The van der Waals surface area contributed by atoms with Crippen LogP contribution in [-0.4, -0.2) is 59.6 Å². The first-order chi connectivity index (χ1) is 12.2. The van der Waals surface area contributed by atoms with E-state index in [1.54, 1.807) is 12.1 Å². The quantitative estimate of drug-likeness (QED) is 0.889. The van der Waals surface area contributed by atoms with E-state index in [4.69, 9.17) is 0 Å². The second-order valence-electron chi connectivity index (χ2n) is 6.92. The molecular formula is C19H28FN3OS. The first-order valence-corrected chi connectivity index (χ1v) is 10.5. The number of nitrogens with one attached hydrogen (secondary N) is 1. The van der Waals surface area contributed by atoms with E-state index in [2.05, 4.69) is 10.2 Å². The molecule has 1 unspecified atom stereocenters. The molecule has 1 aromatic rings. The van der Waals surface area contributed by atoms with Gasteiger partial charge in [0, 0.05) is 25.4 Å². The summed E-state index contributed by atoms with van der Waals surface area (Å²) < 4.78 is 13.0. The molecule has 25 heavy (non-hydrogen) atoms. The summed E-state index contributed by atoms with van der Waals surface area (Å²) in [5.41, 5.74) is 0.923. The molecule has 2 saturated heterocycles. The number of urea groups is 1. The van der Waals surface area contributed by atoms with Crippen LogP contribution < -0.4 is 5.32 Å². The largest absolute Gasteiger partial charge is 0.334 e. The van der Waals surface area contributed by atoms with Crippen LogP contribution in [0.2, 0.25) is 0 Å². The zero-order chi connectivity index (χ0) is 17.5. The molecule has 2 amide bonds. The fourth-order valence-electron chi connectivity index (χ4n) is 3.57. The van der Waals surface area contributed by atoms with Gasteiger partial charge < -0.3 is 15.1 Å². The number of likely N-dealkylation sites (tertiary alicyclic amines) is 1. The number of hydrogen-bond acceptors (Lipinski definition) is 3. The van der Waals surface area contributed by atoms with Crippen molar-refractivity contribution in [3.63, 3.8) is 0 Å². The Kier molecular flexibility index (Phi) is 6.99. The van der Waals surface area contributed by atoms with E-state index in [1.165, 1.54) is 31.4 Å². The summed E-state index contributed by atoms with van der Waals surface area (Å²) in [4.78, 5) is 17.3. The lowest BCUT2D eigenvalue weighted by Crippen LogP contribution is -2.52. The maximum absolute atomic E-state index is 13.0. The Morgan fingerprint density at radius 2 is 1.88 bits per heavy atom. The Balaban J connectivity index is 1.57. The first-order valence-electron chi connectivity index (χ1n) is 9.31. The second kappa shape index (κ2) is 9.43. The average Bonchev–Trinajstić information content (AvgIpc) is 2.87. The zero-order valence-electron chi connectivity index (χ0n) is 14.8. The summed E-state index contributed by atoms with van der Waals surface area (Å²) in [6.45, 7) is 4.56. The number of benzene rings is 1. The van der Waals surface area contributed by atoms with Crippen molar-refractivity contribution in [1.29, 1.82) is 0 Å². The van der Waals surface area contributed by atoms with Crippen LogP contribution in [0, 0.1) is 5.82 Å². The molecule has 1 aromatic carbocycles. The summed E-state index contributed by atoms with van der Waals surface area (Å²) in [6, 6.07) is 6.60. The van der Waals surface area contributed by atoms with Gasteiger partial charge >= 0.3 is 6.03 Å². The van der Waals surface area contributed by atoms with E-state index >= 15 is 0 Å². The Morgan fingerprint density at radius 1 is 1.12 bits per heavy atom. The minimum atomic E-state index is -0.249. The molecule has 2 fully saturated rings. The molecule has 0 radical (unpaired) electrons. The van der Waals surface area contributed by atoms with E-state index in [0.717, 1.165) is 49.7 Å². The third kappa shape index (κ3) is 5.61. The van der Waals surface area contributed by atoms with E-state index in [1.807, 2.05) is 16.7 Å². The number of carbonyl (C=O) groups excluding carboxylic acids is 1. The SMILES string of the molecule is O=C(NCc1ccc(F)cc1)N1CCCSCC1CN1CCCCC1. The summed E-state index contributed by atoms with van der Waals surface area (Å²) in [6.07, 6.45) is 4.93. The molecule has 0 aliphatic carbocycles. The molecule has 0 aromatic heterocycles. The summed E-state index contributed by atoms with van der Waals surface area (Å²) in [5, 5.41) is 3.02. The molecule has 2 aliphatic heterocycles. The molecule has 2 heterocycles. The fourth-order valence-corrected chi connectivity index (χ4v) is 4.63. The Hall–Kier alpha value is -1.27. The average molecular weight is 366 g/mol. The van der Waals surface area contributed by atoms with Crippen molar-refractivity contribution < 1.29 is 9.18 Å². The molecule has 3 rings (SSSR count). The number of carbonyl (C=O) groups is 1. The predicted octanol–water partition coefficient (Wildman–Crippen LogP) is 3.33. The van der Waals surface area contributed by atoms with Gasteiger partial charge in [0.2, 0.25) is 0 Å². The molecular weight excluding hydrogens is 337 g/mol. The van der Waals surface area contributed by atoms with Crippen LogP contribution in [0.3, 0.4) is 0 Å². The number of halogens is 1. The minimum absolute atomic E-state index is 0.00818. The molecule has 0 saturated carbocycles. The monoisotopic (exact) mass is 365 g/mol. The molecule has 0 bridgehead atoms. The zero-order valence-corrected chi connectivity index (χ0v) is 15.6. The third-order valence-electron chi connectivity index (χ3n) is 4.97. The van der Waals surface area contributed by atoms with Gasteiger partial charge in [0.1, 0.15) is 5.82 Å². The van der Waals surface area contributed by atoms with Crippen molar-refractivity contribution in [3.8, 4) is 0 Å². The van der Waals surface area contributed by atoms with Crippen molar-refractivity contribution >= 4 is 17.8 Å². The lowest BCUT2D eigenvalue weighted by molar-refractivity contribution is 0.143. The van der Waals surface area contributed by atoms with Gasteiger partial charge in [0.05, 0.1) is 6.04 Å². The van der Waals surface area contributed by atoms with Crippen molar-refractivity contribution in [1.82, 2.24) is 15.1 Å². The van der Waals surface area contributed by atoms with Gasteiger partial charge in [-0.3, -0.25) is 0 Å². The highest BCUT2D eigenvalue weighted by atomic mass is 32.2. The van der Waals surface area contributed by atoms with Gasteiger partial charge in [-0.25, -0.2) is 9.18 Å². The third-order valence-corrected chi connectivity index (χ3v) is 6.17. The maximum Gasteiger partial charge on any atom is 0.317 e. The topological polar surface area (TPSA) is 35.6 Å². The van der Waals surface area contributed by atoms with Crippen LogP contribution in [0.25, 0.3) is 0 Å². The molecule has 6 heteroatoms. The minimum Gasteiger partial charge on any atom is -0.334 e. The van der Waals surface area contributed by atoms with Gasteiger partial charge in [-0.15, -0.1) is 0 Å². The van der Waals surface area contributed by atoms with Gasteiger partial charge in [-0.05, 0) is 55.8 Å². The Bertz CT molecular complexity index is 548. The van der Waals surface area contributed by atoms with Crippen LogP contribution >= 0.6 is 11.8 Å². The lowest BCUT2D eigenvalue weighted by Gasteiger charge is -2.35. The Labute approximate surface area is 154 Å². The summed E-state index contributed by atoms with van der Waals surface area (Å²) in [5.74, 6) is 1.89. The molecule has 1 atom stereocenters. The highest BCUT2D eigenvalue weighted by Gasteiger charge is 2.27. The maximum atomic E-state index is 13.0. The van der Waals surface area contributed by atoms with E-state index in [9.17, 15) is 9.18 Å². The van der Waals surface area contributed by atoms with E-state index < -0.39 is 0 Å². The van der Waals surface area contributed by atoms with Crippen LogP contribution in [0.15, 0.2) is 24.3 Å². The Morgan fingerprint density at radius 3 is 2.64 bits per heavy atom. The normalized spacial score (nSPS) is 22.4. The highest BCUT2D eigenvalue weighted by Crippen LogP contribution is 2.19. The van der Waals surface area contributed by atoms with Crippen LogP contribution in [0.4, 0.5) is 9.18 Å². The number of rotatable bonds is 4. The summed E-state index contributed by atoms with van der Waals surface area (Å²) in [7, 11) is 0.